The van der Waals surface area contributed by atoms with E-state index >= 15 is 0 Å². The molecule has 170 valence electrons. The van der Waals surface area contributed by atoms with Crippen LogP contribution in [0.5, 0.6) is 0 Å². The maximum atomic E-state index is 13.5. The lowest BCUT2D eigenvalue weighted by Crippen LogP contribution is -2.47. The zero-order valence-corrected chi connectivity index (χ0v) is 20.7. The number of rotatable bonds is 5. The van der Waals surface area contributed by atoms with E-state index in [2.05, 4.69) is 14.7 Å². The first-order valence-electron chi connectivity index (χ1n) is 11.0. The van der Waals surface area contributed by atoms with Crippen LogP contribution in [-0.2, 0) is 10.0 Å². The van der Waals surface area contributed by atoms with Crippen LogP contribution in [-0.4, -0.2) is 92.5 Å². The van der Waals surface area contributed by atoms with Crippen LogP contribution in [0.4, 0.5) is 5.13 Å². The highest BCUT2D eigenvalue weighted by atomic mass is 35.5. The van der Waals surface area contributed by atoms with E-state index < -0.39 is 10.0 Å². The zero-order chi connectivity index (χ0) is 21.9. The van der Waals surface area contributed by atoms with Crippen molar-refractivity contribution >= 4 is 48.3 Å². The molecule has 1 aromatic carbocycles. The fraction of sp³-hybridized carbons (Fsp3) is 0.667. The predicted molar refractivity (Wildman–Crippen MR) is 127 cm³/mol. The standard InChI is InChI=1S/C21H30ClN5O2S2/c1-14-18(24(2)3)6-7-27(14)31(28,29)20-13-19-17(12-16(20)22)23-21(30-19)26-10-8-25(9-11-26)15-4-5-15/h12-15,18H,4-11H2,1-3H3. The highest BCUT2D eigenvalue weighted by Gasteiger charge is 2.40. The summed E-state index contributed by atoms with van der Waals surface area (Å²) in [5.41, 5.74) is 0.772. The molecule has 2 saturated heterocycles. The molecular weight excluding hydrogens is 454 g/mol. The highest BCUT2D eigenvalue weighted by molar-refractivity contribution is 7.89. The number of fused-ring (bicyclic) bond motifs is 1. The Balaban J connectivity index is 1.40. The van der Waals surface area contributed by atoms with Gasteiger partial charge in [-0.15, -0.1) is 0 Å². The summed E-state index contributed by atoms with van der Waals surface area (Å²) in [6.07, 6.45) is 3.49. The number of hydrogen-bond donors (Lipinski definition) is 0. The molecule has 0 spiro atoms. The lowest BCUT2D eigenvalue weighted by Gasteiger charge is -2.34. The molecule has 31 heavy (non-hydrogen) atoms. The smallest absolute Gasteiger partial charge is 0.244 e. The number of likely N-dealkylation sites (N-methyl/N-ethyl adjacent to an activating group) is 1. The van der Waals surface area contributed by atoms with Crippen LogP contribution >= 0.6 is 22.9 Å². The van der Waals surface area contributed by atoms with Gasteiger partial charge in [0, 0.05) is 50.8 Å². The number of nitrogens with zero attached hydrogens (tertiary/aromatic N) is 5. The Morgan fingerprint density at radius 3 is 2.42 bits per heavy atom. The summed E-state index contributed by atoms with van der Waals surface area (Å²) < 4.78 is 29.4. The summed E-state index contributed by atoms with van der Waals surface area (Å²) in [5, 5.41) is 1.21. The van der Waals surface area contributed by atoms with Gasteiger partial charge in [0.15, 0.2) is 5.13 Å². The minimum Gasteiger partial charge on any atom is -0.345 e. The molecule has 5 rings (SSSR count). The number of thiazole rings is 1. The highest BCUT2D eigenvalue weighted by Crippen LogP contribution is 2.38. The summed E-state index contributed by atoms with van der Waals surface area (Å²) in [4.78, 5) is 12.0. The maximum Gasteiger partial charge on any atom is 0.244 e. The molecule has 7 nitrogen and oxygen atoms in total. The van der Waals surface area contributed by atoms with E-state index in [0.717, 1.165) is 54.0 Å². The molecule has 3 fully saturated rings. The van der Waals surface area contributed by atoms with Crippen LogP contribution in [0.15, 0.2) is 17.0 Å². The Morgan fingerprint density at radius 2 is 1.81 bits per heavy atom. The summed E-state index contributed by atoms with van der Waals surface area (Å²) in [5.74, 6) is 0. The molecule has 0 N–H and O–H groups in total. The number of sulfonamides is 1. The second-order valence-electron chi connectivity index (χ2n) is 9.18. The van der Waals surface area contributed by atoms with Gasteiger partial charge in [0.2, 0.25) is 10.0 Å². The molecule has 1 aromatic heterocycles. The van der Waals surface area contributed by atoms with Gasteiger partial charge >= 0.3 is 0 Å². The van der Waals surface area contributed by atoms with Crippen LogP contribution in [0.25, 0.3) is 10.2 Å². The topological polar surface area (TPSA) is 60.0 Å². The molecule has 1 saturated carbocycles. The van der Waals surface area contributed by atoms with E-state index in [9.17, 15) is 8.42 Å². The van der Waals surface area contributed by atoms with E-state index in [0.29, 0.717) is 6.54 Å². The zero-order valence-electron chi connectivity index (χ0n) is 18.3. The lowest BCUT2D eigenvalue weighted by atomic mass is 10.1. The summed E-state index contributed by atoms with van der Waals surface area (Å²) in [6.45, 7) is 6.56. The van der Waals surface area contributed by atoms with Gasteiger partial charge in [0.05, 0.1) is 15.2 Å². The summed E-state index contributed by atoms with van der Waals surface area (Å²) >= 11 is 8.06. The Labute approximate surface area is 193 Å². The Morgan fingerprint density at radius 1 is 1.10 bits per heavy atom. The molecule has 0 bridgehead atoms. The fourth-order valence-corrected chi connectivity index (χ4v) is 8.33. The van der Waals surface area contributed by atoms with Crippen molar-refractivity contribution in [1.82, 2.24) is 19.1 Å². The van der Waals surface area contributed by atoms with Crippen LogP contribution in [0.2, 0.25) is 5.02 Å². The second kappa shape index (κ2) is 8.11. The lowest BCUT2D eigenvalue weighted by molar-refractivity contribution is 0.248. The third-order valence-corrected chi connectivity index (χ3v) is 10.5. The minimum absolute atomic E-state index is 0.0912. The van der Waals surface area contributed by atoms with Crippen molar-refractivity contribution in [2.24, 2.45) is 0 Å². The SMILES string of the molecule is CC1C(N(C)C)CCN1S(=O)(=O)c1cc2sc(N3CCN(C4CC4)CC3)nc2cc1Cl. The molecule has 2 unspecified atom stereocenters. The third-order valence-electron chi connectivity index (χ3n) is 6.99. The van der Waals surface area contributed by atoms with Crippen molar-refractivity contribution < 1.29 is 8.42 Å². The van der Waals surface area contributed by atoms with E-state index in [4.69, 9.17) is 16.6 Å². The number of anilines is 1. The van der Waals surface area contributed by atoms with Crippen molar-refractivity contribution in [3.05, 3.63) is 17.2 Å². The van der Waals surface area contributed by atoms with Crippen molar-refractivity contribution in [2.75, 3.05) is 51.7 Å². The first-order chi connectivity index (χ1) is 14.8. The van der Waals surface area contributed by atoms with Gasteiger partial charge in [-0.3, -0.25) is 4.90 Å². The monoisotopic (exact) mass is 483 g/mol. The van der Waals surface area contributed by atoms with Crippen molar-refractivity contribution in [3.63, 3.8) is 0 Å². The molecule has 10 heteroatoms. The quantitative estimate of drug-likeness (QED) is 0.651. The van der Waals surface area contributed by atoms with Crippen LogP contribution in [0.3, 0.4) is 0 Å². The Hall–Kier alpha value is -0.970. The van der Waals surface area contributed by atoms with Crippen LogP contribution < -0.4 is 4.90 Å². The number of piperazine rings is 1. The summed E-state index contributed by atoms with van der Waals surface area (Å²) in [7, 11) is 0.331. The number of halogens is 1. The average Bonchev–Trinajstić information content (AvgIpc) is 3.37. The van der Waals surface area contributed by atoms with E-state index in [-0.39, 0.29) is 22.0 Å². The van der Waals surface area contributed by atoms with Gasteiger partial charge in [0.25, 0.3) is 0 Å². The largest absolute Gasteiger partial charge is 0.345 e. The van der Waals surface area contributed by atoms with E-state index in [1.807, 2.05) is 21.0 Å². The van der Waals surface area contributed by atoms with Crippen molar-refractivity contribution in [1.29, 1.82) is 0 Å². The maximum absolute atomic E-state index is 13.5. The predicted octanol–water partition coefficient (Wildman–Crippen LogP) is 2.95. The number of aromatic nitrogens is 1. The van der Waals surface area contributed by atoms with Crippen molar-refractivity contribution in [2.45, 2.75) is 49.2 Å². The fourth-order valence-electron chi connectivity index (χ4n) is 5.02. The van der Waals surface area contributed by atoms with Crippen LogP contribution in [0, 0.1) is 0 Å². The van der Waals surface area contributed by atoms with Gasteiger partial charge in [-0.05, 0) is 52.4 Å². The third kappa shape index (κ3) is 3.98. The Kier molecular flexibility index (Phi) is 5.72. The van der Waals surface area contributed by atoms with Gasteiger partial charge < -0.3 is 9.80 Å². The first-order valence-corrected chi connectivity index (χ1v) is 13.7. The molecule has 3 aliphatic rings. The average molecular weight is 484 g/mol. The molecule has 0 amide bonds. The van der Waals surface area contributed by atoms with E-state index in [1.54, 1.807) is 27.8 Å². The minimum atomic E-state index is -3.67. The normalized spacial score (nSPS) is 26.4. The Bertz CT molecular complexity index is 1080. The number of hydrogen-bond acceptors (Lipinski definition) is 7. The van der Waals surface area contributed by atoms with Gasteiger partial charge in [-0.2, -0.15) is 4.31 Å². The van der Waals surface area contributed by atoms with Gasteiger partial charge in [-0.1, -0.05) is 22.9 Å². The molecule has 2 atom stereocenters. The van der Waals surface area contributed by atoms with E-state index in [1.165, 1.54) is 12.8 Å². The number of benzene rings is 1. The van der Waals surface area contributed by atoms with Crippen molar-refractivity contribution in [3.8, 4) is 0 Å². The molecule has 3 heterocycles. The molecule has 2 aliphatic heterocycles. The summed E-state index contributed by atoms with van der Waals surface area (Å²) in [6, 6.07) is 4.36. The molecule has 1 aliphatic carbocycles. The molecule has 0 radical (unpaired) electrons. The molecule has 2 aromatic rings. The molecular formula is C21H30ClN5O2S2. The van der Waals surface area contributed by atoms with Gasteiger partial charge in [-0.25, -0.2) is 13.4 Å². The van der Waals surface area contributed by atoms with Gasteiger partial charge in [0.1, 0.15) is 4.90 Å². The second-order valence-corrected chi connectivity index (χ2v) is 12.5. The van der Waals surface area contributed by atoms with Crippen LogP contribution in [0.1, 0.15) is 26.2 Å². The first kappa shape index (κ1) is 21.9.